The molecule has 1 aromatic heterocycles. The largest absolute Gasteiger partial charge is 0.390 e. The molecular weight excluding hydrogens is 314 g/mol. The van der Waals surface area contributed by atoms with Crippen molar-refractivity contribution in [3.63, 3.8) is 0 Å². The van der Waals surface area contributed by atoms with Crippen LogP contribution in [0.15, 0.2) is 24.3 Å². The van der Waals surface area contributed by atoms with Gasteiger partial charge < -0.3 is 10.0 Å². The summed E-state index contributed by atoms with van der Waals surface area (Å²) in [5, 5.41) is 24.0. The summed E-state index contributed by atoms with van der Waals surface area (Å²) in [7, 11) is 0. The number of nitriles is 1. The van der Waals surface area contributed by atoms with E-state index in [-0.39, 0.29) is 0 Å². The van der Waals surface area contributed by atoms with Crippen molar-refractivity contribution >= 4 is 0 Å². The Morgan fingerprint density at radius 1 is 1.32 bits per heavy atom. The fourth-order valence-corrected chi connectivity index (χ4v) is 3.24. The van der Waals surface area contributed by atoms with Gasteiger partial charge in [-0.15, -0.1) is 0 Å². The van der Waals surface area contributed by atoms with Crippen molar-refractivity contribution < 1.29 is 5.11 Å². The molecule has 1 aliphatic heterocycles. The molecule has 1 unspecified atom stereocenters. The molecule has 1 N–H and O–H groups in total. The molecule has 3 rings (SSSR count). The number of nitrogens with zero attached hydrogens (tertiary/aromatic N) is 5. The van der Waals surface area contributed by atoms with Gasteiger partial charge in [0.25, 0.3) is 0 Å². The summed E-state index contributed by atoms with van der Waals surface area (Å²) in [4.78, 5) is 6.81. The van der Waals surface area contributed by atoms with E-state index in [0.717, 1.165) is 30.4 Å². The lowest BCUT2D eigenvalue weighted by Crippen LogP contribution is -2.39. The third-order valence-electron chi connectivity index (χ3n) is 4.84. The number of aryl methyl sites for hydroxylation is 1. The Labute approximate surface area is 148 Å². The smallest absolute Gasteiger partial charge is 0.181 e. The number of aromatic nitrogens is 3. The molecule has 1 aliphatic rings. The van der Waals surface area contributed by atoms with Gasteiger partial charge in [0.15, 0.2) is 5.82 Å². The Balaban J connectivity index is 1.65. The quantitative estimate of drug-likeness (QED) is 0.904. The molecule has 25 heavy (non-hydrogen) atoms. The first kappa shape index (κ1) is 17.6. The Bertz CT molecular complexity index is 755. The highest BCUT2D eigenvalue weighted by Crippen LogP contribution is 2.18. The molecule has 132 valence electrons. The molecule has 6 nitrogen and oxygen atoms in total. The van der Waals surface area contributed by atoms with Crippen LogP contribution in [0.1, 0.15) is 31.2 Å². The number of β-amino-alcohol motifs (C(OH)–C–C–N with tert-alkyl or cyclic N) is 1. The van der Waals surface area contributed by atoms with Gasteiger partial charge in [0.1, 0.15) is 5.82 Å². The van der Waals surface area contributed by atoms with Crippen LogP contribution in [-0.4, -0.2) is 50.5 Å². The molecule has 1 atom stereocenters. The molecular formula is C19H25N5O. The van der Waals surface area contributed by atoms with Gasteiger partial charge in [-0.1, -0.05) is 19.1 Å². The van der Waals surface area contributed by atoms with E-state index >= 15 is 0 Å². The number of aliphatic hydroxyl groups is 1. The highest BCUT2D eigenvalue weighted by atomic mass is 16.3. The lowest BCUT2D eigenvalue weighted by molar-refractivity contribution is 0.0772. The third kappa shape index (κ3) is 4.44. The number of hydrogen-bond acceptors (Lipinski definition) is 5. The molecule has 1 aromatic carbocycles. The zero-order valence-corrected chi connectivity index (χ0v) is 14.9. The molecule has 0 saturated carbocycles. The molecule has 2 heterocycles. The van der Waals surface area contributed by atoms with Crippen LogP contribution in [-0.2, 0) is 6.54 Å². The van der Waals surface area contributed by atoms with E-state index in [9.17, 15) is 5.11 Å². The molecule has 0 amide bonds. The highest BCUT2D eigenvalue weighted by Gasteiger charge is 2.19. The van der Waals surface area contributed by atoms with Gasteiger partial charge in [-0.2, -0.15) is 10.4 Å². The molecule has 0 bridgehead atoms. The average molecular weight is 339 g/mol. The fourth-order valence-electron chi connectivity index (χ4n) is 3.24. The van der Waals surface area contributed by atoms with E-state index in [1.165, 1.54) is 12.8 Å². The number of likely N-dealkylation sites (tertiary alicyclic amines) is 1. The maximum absolute atomic E-state index is 10.4. The SMILES string of the molecule is Cc1nc(-c2cccc(C#N)c2)nn1CC(O)CN1CCC(C)CC1. The molecule has 0 spiro atoms. The van der Waals surface area contributed by atoms with Crippen LogP contribution in [0.25, 0.3) is 11.4 Å². The van der Waals surface area contributed by atoms with Crippen molar-refractivity contribution in [2.24, 2.45) is 5.92 Å². The van der Waals surface area contributed by atoms with Crippen molar-refractivity contribution in [3.05, 3.63) is 35.7 Å². The van der Waals surface area contributed by atoms with E-state index in [1.54, 1.807) is 16.8 Å². The number of benzene rings is 1. The molecule has 1 saturated heterocycles. The minimum atomic E-state index is -0.466. The lowest BCUT2D eigenvalue weighted by Gasteiger charge is -2.31. The Kier molecular flexibility index (Phi) is 5.47. The minimum Gasteiger partial charge on any atom is -0.390 e. The van der Waals surface area contributed by atoms with Crippen LogP contribution in [0.5, 0.6) is 0 Å². The summed E-state index contributed by atoms with van der Waals surface area (Å²) in [6.07, 6.45) is 1.94. The van der Waals surface area contributed by atoms with Gasteiger partial charge in [0.05, 0.1) is 24.3 Å². The van der Waals surface area contributed by atoms with Gasteiger partial charge in [0, 0.05) is 12.1 Å². The predicted octanol–water partition coefficient (Wildman–Crippen LogP) is 2.22. The van der Waals surface area contributed by atoms with E-state index < -0.39 is 6.10 Å². The van der Waals surface area contributed by atoms with Crippen molar-refractivity contribution in [2.45, 2.75) is 39.3 Å². The number of aliphatic hydroxyl groups excluding tert-OH is 1. The van der Waals surface area contributed by atoms with E-state index in [1.807, 2.05) is 19.1 Å². The first-order chi connectivity index (χ1) is 12.0. The van der Waals surface area contributed by atoms with Crippen LogP contribution in [0.3, 0.4) is 0 Å². The average Bonchev–Trinajstić information content (AvgIpc) is 2.97. The summed E-state index contributed by atoms with van der Waals surface area (Å²) in [5.41, 5.74) is 1.41. The van der Waals surface area contributed by atoms with Crippen LogP contribution < -0.4 is 0 Å². The van der Waals surface area contributed by atoms with Crippen LogP contribution >= 0.6 is 0 Å². The maximum atomic E-state index is 10.4. The molecule has 0 radical (unpaired) electrons. The Morgan fingerprint density at radius 3 is 2.80 bits per heavy atom. The minimum absolute atomic E-state index is 0.433. The zero-order valence-electron chi connectivity index (χ0n) is 14.9. The molecule has 0 aliphatic carbocycles. The summed E-state index contributed by atoms with van der Waals surface area (Å²) in [6, 6.07) is 9.40. The molecule has 1 fully saturated rings. The second kappa shape index (κ2) is 7.77. The third-order valence-corrected chi connectivity index (χ3v) is 4.84. The summed E-state index contributed by atoms with van der Waals surface area (Å²) < 4.78 is 1.76. The first-order valence-corrected chi connectivity index (χ1v) is 8.87. The number of hydrogen-bond donors (Lipinski definition) is 1. The first-order valence-electron chi connectivity index (χ1n) is 8.87. The van der Waals surface area contributed by atoms with Crippen LogP contribution in [0.2, 0.25) is 0 Å². The lowest BCUT2D eigenvalue weighted by atomic mass is 9.99. The van der Waals surface area contributed by atoms with Gasteiger partial charge in [-0.25, -0.2) is 9.67 Å². The van der Waals surface area contributed by atoms with Gasteiger partial charge >= 0.3 is 0 Å². The zero-order chi connectivity index (χ0) is 17.8. The normalized spacial score (nSPS) is 17.4. The Morgan fingerprint density at radius 2 is 2.08 bits per heavy atom. The van der Waals surface area contributed by atoms with Crippen molar-refractivity contribution in [1.29, 1.82) is 5.26 Å². The molecule has 6 heteroatoms. The van der Waals surface area contributed by atoms with Crippen LogP contribution in [0, 0.1) is 24.2 Å². The van der Waals surface area contributed by atoms with Crippen molar-refractivity contribution in [1.82, 2.24) is 19.7 Å². The van der Waals surface area contributed by atoms with E-state index in [0.29, 0.717) is 24.5 Å². The van der Waals surface area contributed by atoms with E-state index in [4.69, 9.17) is 5.26 Å². The Hall–Kier alpha value is -2.23. The van der Waals surface area contributed by atoms with Crippen LogP contribution in [0.4, 0.5) is 0 Å². The maximum Gasteiger partial charge on any atom is 0.181 e. The number of rotatable bonds is 5. The van der Waals surface area contributed by atoms with Gasteiger partial charge in [-0.3, -0.25) is 0 Å². The van der Waals surface area contributed by atoms with Gasteiger partial charge in [0.2, 0.25) is 0 Å². The van der Waals surface area contributed by atoms with Crippen molar-refractivity contribution in [2.75, 3.05) is 19.6 Å². The van der Waals surface area contributed by atoms with E-state index in [2.05, 4.69) is 28.0 Å². The standard InChI is InChI=1S/C19H25N5O/c1-14-6-8-23(9-7-14)12-18(25)13-24-15(2)21-19(22-24)17-5-3-4-16(10-17)11-20/h3-5,10,14,18,25H,6-9,12-13H2,1-2H3. The highest BCUT2D eigenvalue weighted by molar-refractivity contribution is 5.57. The van der Waals surface area contributed by atoms with Gasteiger partial charge in [-0.05, 0) is 50.9 Å². The summed E-state index contributed by atoms with van der Waals surface area (Å²) >= 11 is 0. The second-order valence-electron chi connectivity index (χ2n) is 6.99. The second-order valence-corrected chi connectivity index (χ2v) is 6.99. The predicted molar refractivity (Wildman–Crippen MR) is 95.8 cm³/mol. The summed E-state index contributed by atoms with van der Waals surface area (Å²) in [5.74, 6) is 2.15. The topological polar surface area (TPSA) is 78.0 Å². The fraction of sp³-hybridized carbons (Fsp3) is 0.526. The number of piperidine rings is 1. The molecule has 2 aromatic rings. The monoisotopic (exact) mass is 339 g/mol. The summed E-state index contributed by atoms with van der Waals surface area (Å²) in [6.45, 7) is 7.39. The van der Waals surface area contributed by atoms with Crippen molar-refractivity contribution in [3.8, 4) is 17.5 Å².